The Labute approximate surface area is 185 Å². The van der Waals surface area contributed by atoms with Crippen LogP contribution in [0.15, 0.2) is 29.8 Å². The van der Waals surface area contributed by atoms with Gasteiger partial charge in [0.1, 0.15) is 5.82 Å². The van der Waals surface area contributed by atoms with Gasteiger partial charge in [0.15, 0.2) is 0 Å². The molecule has 0 heterocycles. The number of benzene rings is 1. The van der Waals surface area contributed by atoms with Gasteiger partial charge in [-0.05, 0) is 99.2 Å². The van der Waals surface area contributed by atoms with E-state index in [-0.39, 0.29) is 5.82 Å². The van der Waals surface area contributed by atoms with Crippen molar-refractivity contribution in [2.24, 2.45) is 5.41 Å². The number of aryl methyl sites for hydroxylation is 1. The monoisotopic (exact) mass is 412 g/mol. The van der Waals surface area contributed by atoms with E-state index >= 15 is 0 Å². The van der Waals surface area contributed by atoms with Crippen LogP contribution >= 0.6 is 0 Å². The highest BCUT2D eigenvalue weighted by Gasteiger charge is 2.31. The van der Waals surface area contributed by atoms with Crippen LogP contribution in [0.3, 0.4) is 0 Å². The highest BCUT2D eigenvalue weighted by atomic mass is 19.1. The Kier molecular flexibility index (Phi) is 9.47. The average Bonchev–Trinajstić information content (AvgIpc) is 2.79. The Hall–Kier alpha value is -1.11. The Morgan fingerprint density at radius 3 is 2.50 bits per heavy atom. The van der Waals surface area contributed by atoms with Gasteiger partial charge in [0.05, 0.1) is 0 Å². The molecular formula is C29H45F. The summed E-state index contributed by atoms with van der Waals surface area (Å²) in [6.07, 6.45) is 24.1. The van der Waals surface area contributed by atoms with E-state index in [0.29, 0.717) is 11.3 Å². The molecule has 1 heteroatoms. The van der Waals surface area contributed by atoms with Crippen molar-refractivity contribution in [1.82, 2.24) is 0 Å². The van der Waals surface area contributed by atoms with E-state index in [0.717, 1.165) is 24.8 Å². The Morgan fingerprint density at radius 1 is 1.00 bits per heavy atom. The summed E-state index contributed by atoms with van der Waals surface area (Å²) in [6.45, 7) is 4.61. The van der Waals surface area contributed by atoms with Crippen molar-refractivity contribution < 1.29 is 4.39 Å². The van der Waals surface area contributed by atoms with Crippen LogP contribution in [0.25, 0.3) is 0 Å². The summed E-state index contributed by atoms with van der Waals surface area (Å²) in [5.41, 5.74) is 4.35. The summed E-state index contributed by atoms with van der Waals surface area (Å²) in [5, 5.41) is 0. The molecule has 0 spiro atoms. The number of unbranched alkanes of at least 4 members (excludes halogenated alkanes) is 2. The fraction of sp³-hybridized carbons (Fsp3) is 0.724. The predicted octanol–water partition coefficient (Wildman–Crippen LogP) is 9.67. The van der Waals surface area contributed by atoms with Crippen LogP contribution in [0.4, 0.5) is 4.39 Å². The van der Waals surface area contributed by atoms with Gasteiger partial charge in [-0.25, -0.2) is 4.39 Å². The fourth-order valence-electron chi connectivity index (χ4n) is 5.94. The van der Waals surface area contributed by atoms with Crippen LogP contribution in [-0.2, 0) is 6.42 Å². The molecule has 0 saturated heterocycles. The molecule has 0 N–H and O–H groups in total. The maximum Gasteiger partial charge on any atom is 0.126 e. The molecule has 2 aliphatic rings. The van der Waals surface area contributed by atoms with Crippen molar-refractivity contribution in [3.63, 3.8) is 0 Å². The Balaban J connectivity index is 1.73. The van der Waals surface area contributed by atoms with Gasteiger partial charge in [-0.3, -0.25) is 0 Å². The zero-order valence-electron chi connectivity index (χ0n) is 19.8. The first-order valence-electron chi connectivity index (χ1n) is 13.1. The van der Waals surface area contributed by atoms with E-state index in [4.69, 9.17) is 0 Å². The normalized spacial score (nSPS) is 20.0. The number of hydrogen-bond acceptors (Lipinski definition) is 0. The first-order valence-corrected chi connectivity index (χ1v) is 13.1. The molecule has 1 saturated carbocycles. The fourth-order valence-corrected chi connectivity index (χ4v) is 5.94. The second-order valence-corrected chi connectivity index (χ2v) is 10.3. The SMILES string of the molecule is CCCCCc1ccc(C(CCC2(CC)CCCCC2)CC2=CCCCC2)cc1F. The second kappa shape index (κ2) is 12.1. The molecule has 0 amide bonds. The van der Waals surface area contributed by atoms with E-state index in [2.05, 4.69) is 32.1 Å². The molecule has 1 aromatic carbocycles. The van der Waals surface area contributed by atoms with Crippen LogP contribution < -0.4 is 0 Å². The second-order valence-electron chi connectivity index (χ2n) is 10.3. The number of allylic oxidation sites excluding steroid dienone is 2. The van der Waals surface area contributed by atoms with Crippen molar-refractivity contribution in [2.75, 3.05) is 0 Å². The van der Waals surface area contributed by atoms with Gasteiger partial charge in [0.2, 0.25) is 0 Å². The molecule has 30 heavy (non-hydrogen) atoms. The zero-order chi connectivity index (χ0) is 21.2. The van der Waals surface area contributed by atoms with Crippen molar-refractivity contribution in [3.05, 3.63) is 46.8 Å². The lowest BCUT2D eigenvalue weighted by Gasteiger charge is -2.38. The minimum Gasteiger partial charge on any atom is -0.207 e. The molecule has 168 valence electrons. The predicted molar refractivity (Wildman–Crippen MR) is 129 cm³/mol. The molecule has 1 aromatic rings. The maximum absolute atomic E-state index is 14.9. The first-order chi connectivity index (χ1) is 14.7. The van der Waals surface area contributed by atoms with Crippen LogP contribution in [0.1, 0.15) is 134 Å². The standard InChI is InChI=1S/C29H45F/c1-3-5-8-15-25-16-17-26(23-28(25)30)27(22-24-13-9-6-10-14-24)18-21-29(4-2)19-11-7-12-20-29/h13,16-17,23,27H,3-12,14-15,18-22H2,1-2H3. The number of halogens is 1. The maximum atomic E-state index is 14.9. The number of hydrogen-bond donors (Lipinski definition) is 0. The lowest BCUT2D eigenvalue weighted by atomic mass is 9.68. The van der Waals surface area contributed by atoms with E-state index in [1.807, 2.05) is 6.07 Å². The third-order valence-corrected chi connectivity index (χ3v) is 8.18. The first kappa shape index (κ1) is 23.6. The molecule has 0 bridgehead atoms. The molecule has 3 rings (SSSR count). The van der Waals surface area contributed by atoms with Gasteiger partial charge in [-0.15, -0.1) is 0 Å². The van der Waals surface area contributed by atoms with Gasteiger partial charge < -0.3 is 0 Å². The van der Waals surface area contributed by atoms with Crippen molar-refractivity contribution in [2.45, 2.75) is 129 Å². The summed E-state index contributed by atoms with van der Waals surface area (Å²) >= 11 is 0. The van der Waals surface area contributed by atoms with Crippen LogP contribution in [-0.4, -0.2) is 0 Å². The smallest absolute Gasteiger partial charge is 0.126 e. The molecule has 1 atom stereocenters. The van der Waals surface area contributed by atoms with Crippen molar-refractivity contribution >= 4 is 0 Å². The Morgan fingerprint density at radius 2 is 1.83 bits per heavy atom. The summed E-state index contributed by atoms with van der Waals surface area (Å²) in [5.74, 6) is 0.521. The Bertz CT molecular complexity index is 665. The largest absolute Gasteiger partial charge is 0.207 e. The molecule has 0 nitrogen and oxygen atoms in total. The van der Waals surface area contributed by atoms with E-state index in [1.165, 1.54) is 95.5 Å². The molecular weight excluding hydrogens is 367 g/mol. The van der Waals surface area contributed by atoms with Gasteiger partial charge >= 0.3 is 0 Å². The quantitative estimate of drug-likeness (QED) is 0.250. The van der Waals surface area contributed by atoms with Crippen LogP contribution in [0, 0.1) is 11.2 Å². The molecule has 1 fully saturated rings. The van der Waals surface area contributed by atoms with Crippen molar-refractivity contribution in [3.8, 4) is 0 Å². The zero-order valence-corrected chi connectivity index (χ0v) is 19.8. The van der Waals surface area contributed by atoms with E-state index < -0.39 is 0 Å². The summed E-state index contributed by atoms with van der Waals surface area (Å²) < 4.78 is 14.9. The average molecular weight is 413 g/mol. The molecule has 0 aliphatic heterocycles. The van der Waals surface area contributed by atoms with Crippen molar-refractivity contribution in [1.29, 1.82) is 0 Å². The highest BCUT2D eigenvalue weighted by molar-refractivity contribution is 5.29. The van der Waals surface area contributed by atoms with E-state index in [9.17, 15) is 4.39 Å². The summed E-state index contributed by atoms with van der Waals surface area (Å²) in [7, 11) is 0. The topological polar surface area (TPSA) is 0 Å². The van der Waals surface area contributed by atoms with Crippen LogP contribution in [0.2, 0.25) is 0 Å². The van der Waals surface area contributed by atoms with Gasteiger partial charge in [-0.1, -0.05) is 76.2 Å². The lowest BCUT2D eigenvalue weighted by molar-refractivity contribution is 0.156. The summed E-state index contributed by atoms with van der Waals surface area (Å²) in [6, 6.07) is 6.26. The minimum atomic E-state index is 0.0362. The summed E-state index contributed by atoms with van der Waals surface area (Å²) in [4.78, 5) is 0. The highest BCUT2D eigenvalue weighted by Crippen LogP contribution is 2.45. The van der Waals surface area contributed by atoms with Gasteiger partial charge in [0.25, 0.3) is 0 Å². The minimum absolute atomic E-state index is 0.0362. The van der Waals surface area contributed by atoms with E-state index in [1.54, 1.807) is 5.57 Å². The molecule has 1 unspecified atom stereocenters. The lowest BCUT2D eigenvalue weighted by Crippen LogP contribution is -2.24. The van der Waals surface area contributed by atoms with Crippen LogP contribution in [0.5, 0.6) is 0 Å². The van der Waals surface area contributed by atoms with Gasteiger partial charge in [-0.2, -0.15) is 0 Å². The molecule has 2 aliphatic carbocycles. The molecule has 0 radical (unpaired) electrons. The third-order valence-electron chi connectivity index (χ3n) is 8.18. The molecule has 0 aromatic heterocycles. The van der Waals surface area contributed by atoms with Gasteiger partial charge in [0, 0.05) is 0 Å². The third kappa shape index (κ3) is 6.69. The number of rotatable bonds is 11.